The van der Waals surface area contributed by atoms with Gasteiger partial charge in [-0.25, -0.2) is 8.78 Å². The molecule has 1 heterocycles. The number of hydrogen-bond donors (Lipinski definition) is 2. The third-order valence-corrected chi connectivity index (χ3v) is 5.03. The first-order chi connectivity index (χ1) is 12.5. The molecule has 2 aromatic carbocycles. The monoisotopic (exact) mass is 360 g/mol. The highest BCUT2D eigenvalue weighted by atomic mass is 19.1. The normalized spacial score (nSPS) is 15.2. The summed E-state index contributed by atoms with van der Waals surface area (Å²) in [7, 11) is 0. The van der Waals surface area contributed by atoms with E-state index in [4.69, 9.17) is 0 Å². The fraction of sp³-hybridized carbons (Fsp3) is 0.350. The van der Waals surface area contributed by atoms with E-state index in [-0.39, 0.29) is 18.1 Å². The summed E-state index contributed by atoms with van der Waals surface area (Å²) in [6.45, 7) is 7.74. The lowest BCUT2D eigenvalue weighted by Gasteiger charge is -2.34. The van der Waals surface area contributed by atoms with Gasteiger partial charge in [-0.3, -0.25) is 4.79 Å². The second-order valence-electron chi connectivity index (χ2n) is 6.78. The molecule has 0 aliphatic carbocycles. The Balaban J connectivity index is 1.55. The first-order valence-corrected chi connectivity index (χ1v) is 8.84. The van der Waals surface area contributed by atoms with Crippen molar-refractivity contribution in [3.05, 3.63) is 59.2 Å². The number of piperazine rings is 1. The van der Waals surface area contributed by atoms with E-state index in [0.29, 0.717) is 0 Å². The molecule has 1 aliphatic heterocycles. The number of hydrogen-bond acceptors (Lipinski definition) is 2. The highest BCUT2D eigenvalue weighted by molar-refractivity contribution is 5.91. The lowest BCUT2D eigenvalue weighted by atomic mass is 10.1. The molecule has 26 heavy (non-hydrogen) atoms. The van der Waals surface area contributed by atoms with Gasteiger partial charge in [-0.2, -0.15) is 0 Å². The van der Waals surface area contributed by atoms with E-state index >= 15 is 0 Å². The molecule has 4 nitrogen and oxygen atoms in total. The van der Waals surface area contributed by atoms with Crippen LogP contribution < -0.4 is 15.1 Å². The van der Waals surface area contributed by atoms with E-state index in [9.17, 15) is 13.6 Å². The van der Waals surface area contributed by atoms with Gasteiger partial charge in [-0.05, 0) is 43.2 Å². The van der Waals surface area contributed by atoms with Crippen LogP contribution in [0.5, 0.6) is 0 Å². The van der Waals surface area contributed by atoms with Gasteiger partial charge in [0.1, 0.15) is 17.3 Å². The molecule has 2 aromatic rings. The van der Waals surface area contributed by atoms with Gasteiger partial charge in [0.25, 0.3) is 5.91 Å². The summed E-state index contributed by atoms with van der Waals surface area (Å²) < 4.78 is 27.3. The van der Waals surface area contributed by atoms with Crippen LogP contribution in [0, 0.1) is 25.5 Å². The highest BCUT2D eigenvalue weighted by Gasteiger charge is 2.24. The minimum Gasteiger partial charge on any atom is -0.360 e. The Bertz CT molecular complexity index is 781. The Morgan fingerprint density at radius 2 is 1.69 bits per heavy atom. The van der Waals surface area contributed by atoms with Crippen molar-refractivity contribution in [3.63, 3.8) is 0 Å². The van der Waals surface area contributed by atoms with Gasteiger partial charge in [-0.1, -0.05) is 18.2 Å². The van der Waals surface area contributed by atoms with Gasteiger partial charge >= 0.3 is 0 Å². The van der Waals surface area contributed by atoms with Crippen LogP contribution in [-0.2, 0) is 4.79 Å². The minimum absolute atomic E-state index is 0.203. The number of aryl methyl sites for hydroxylation is 1. The van der Waals surface area contributed by atoms with Crippen molar-refractivity contribution in [1.82, 2.24) is 0 Å². The summed E-state index contributed by atoms with van der Waals surface area (Å²) in [4.78, 5) is 15.6. The van der Waals surface area contributed by atoms with Gasteiger partial charge in [0, 0.05) is 5.69 Å². The Labute approximate surface area is 152 Å². The Kier molecular flexibility index (Phi) is 5.52. The van der Waals surface area contributed by atoms with Crippen LogP contribution in [0.2, 0.25) is 0 Å². The van der Waals surface area contributed by atoms with Crippen LogP contribution in [-0.4, -0.2) is 38.6 Å². The molecule has 3 rings (SSSR count). The SMILES string of the molecule is Cc1cccc(N2CC[NH+](CC(=O)Nc3c(F)cccc3F)CC2)c1C. The van der Waals surface area contributed by atoms with Crippen LogP contribution in [0.3, 0.4) is 0 Å². The molecule has 1 amide bonds. The topological polar surface area (TPSA) is 36.8 Å². The molecule has 1 fully saturated rings. The highest BCUT2D eigenvalue weighted by Crippen LogP contribution is 2.22. The van der Waals surface area contributed by atoms with Crippen molar-refractivity contribution in [2.75, 3.05) is 42.9 Å². The largest absolute Gasteiger partial charge is 0.360 e. The van der Waals surface area contributed by atoms with Crippen LogP contribution >= 0.6 is 0 Å². The summed E-state index contributed by atoms with van der Waals surface area (Å²) in [6.07, 6.45) is 0. The molecule has 0 radical (unpaired) electrons. The predicted molar refractivity (Wildman–Crippen MR) is 98.7 cm³/mol. The summed E-state index contributed by atoms with van der Waals surface area (Å²) in [5.74, 6) is -1.88. The molecule has 6 heteroatoms. The van der Waals surface area contributed by atoms with E-state index in [1.165, 1.54) is 22.9 Å². The van der Waals surface area contributed by atoms with E-state index in [2.05, 4.69) is 42.3 Å². The van der Waals surface area contributed by atoms with Crippen molar-refractivity contribution in [3.8, 4) is 0 Å². The summed E-state index contributed by atoms with van der Waals surface area (Å²) in [5, 5.41) is 2.36. The molecule has 2 N–H and O–H groups in total. The van der Waals surface area contributed by atoms with E-state index in [1.54, 1.807) is 0 Å². The number of anilines is 2. The van der Waals surface area contributed by atoms with Crippen molar-refractivity contribution < 1.29 is 18.5 Å². The molecule has 0 bridgehead atoms. The second kappa shape index (κ2) is 7.83. The second-order valence-corrected chi connectivity index (χ2v) is 6.78. The zero-order valence-corrected chi connectivity index (χ0v) is 15.1. The number of nitrogens with zero attached hydrogens (tertiary/aromatic N) is 1. The first-order valence-electron chi connectivity index (χ1n) is 8.84. The van der Waals surface area contributed by atoms with E-state index in [0.717, 1.165) is 43.2 Å². The van der Waals surface area contributed by atoms with E-state index in [1.807, 2.05) is 0 Å². The average molecular weight is 360 g/mol. The van der Waals surface area contributed by atoms with Crippen molar-refractivity contribution in [1.29, 1.82) is 0 Å². The van der Waals surface area contributed by atoms with Gasteiger partial charge < -0.3 is 15.1 Å². The number of nitrogens with one attached hydrogen (secondary N) is 2. The lowest BCUT2D eigenvalue weighted by Crippen LogP contribution is -3.15. The van der Waals surface area contributed by atoms with Crippen molar-refractivity contribution >= 4 is 17.3 Å². The summed E-state index contributed by atoms with van der Waals surface area (Å²) in [5.41, 5.74) is 3.42. The zero-order chi connectivity index (χ0) is 18.7. The number of amides is 1. The Morgan fingerprint density at radius 3 is 2.35 bits per heavy atom. The van der Waals surface area contributed by atoms with Gasteiger partial charge in [0.2, 0.25) is 0 Å². The molecule has 1 aliphatic rings. The number of para-hydroxylation sites is 1. The molecule has 0 unspecified atom stereocenters. The third-order valence-electron chi connectivity index (χ3n) is 5.03. The smallest absolute Gasteiger partial charge is 0.279 e. The van der Waals surface area contributed by atoms with Crippen LogP contribution in [0.1, 0.15) is 11.1 Å². The molecule has 0 spiro atoms. The summed E-state index contributed by atoms with van der Waals surface area (Å²) in [6, 6.07) is 9.84. The van der Waals surface area contributed by atoms with Crippen molar-refractivity contribution in [2.24, 2.45) is 0 Å². The van der Waals surface area contributed by atoms with Crippen LogP contribution in [0.4, 0.5) is 20.2 Å². The molecular weight excluding hydrogens is 336 g/mol. The van der Waals surface area contributed by atoms with Crippen LogP contribution in [0.25, 0.3) is 0 Å². The molecule has 0 atom stereocenters. The molecular formula is C20H24F2N3O+. The fourth-order valence-electron chi connectivity index (χ4n) is 3.35. The maximum absolute atomic E-state index is 13.6. The predicted octanol–water partition coefficient (Wildman–Crippen LogP) is 1.93. The lowest BCUT2D eigenvalue weighted by molar-refractivity contribution is -0.892. The maximum atomic E-state index is 13.6. The molecule has 0 saturated carbocycles. The van der Waals surface area contributed by atoms with Crippen LogP contribution in [0.15, 0.2) is 36.4 Å². The zero-order valence-electron chi connectivity index (χ0n) is 15.1. The minimum atomic E-state index is -0.756. The number of benzene rings is 2. The van der Waals surface area contributed by atoms with Gasteiger partial charge in [0.05, 0.1) is 26.2 Å². The first kappa shape index (κ1) is 18.3. The number of halogens is 2. The molecule has 138 valence electrons. The van der Waals surface area contributed by atoms with E-state index < -0.39 is 11.6 Å². The van der Waals surface area contributed by atoms with Gasteiger partial charge in [-0.15, -0.1) is 0 Å². The van der Waals surface area contributed by atoms with Gasteiger partial charge in [0.15, 0.2) is 6.54 Å². The van der Waals surface area contributed by atoms with Crippen molar-refractivity contribution in [2.45, 2.75) is 13.8 Å². The Morgan fingerprint density at radius 1 is 1.08 bits per heavy atom. The number of rotatable bonds is 4. The molecule has 1 saturated heterocycles. The standard InChI is InChI=1S/C20H23F2N3O/c1-14-5-3-8-18(15(14)2)25-11-9-24(10-12-25)13-19(26)23-20-16(21)6-4-7-17(20)22/h3-8H,9-13H2,1-2H3,(H,23,26)/p+1. The average Bonchev–Trinajstić information content (AvgIpc) is 2.61. The fourth-order valence-corrected chi connectivity index (χ4v) is 3.35. The molecule has 0 aromatic heterocycles. The number of carbonyl (C=O) groups excluding carboxylic acids is 1. The number of quaternary nitrogens is 1. The Hall–Kier alpha value is -2.47. The summed E-state index contributed by atoms with van der Waals surface area (Å²) >= 11 is 0. The quantitative estimate of drug-likeness (QED) is 0.874. The maximum Gasteiger partial charge on any atom is 0.279 e. The number of carbonyl (C=O) groups is 1. The third kappa shape index (κ3) is 4.02.